The first-order chi connectivity index (χ1) is 15.6. The SMILES string of the molecule is CCOC(=O)Cc1csc(NN=Cc2ccc(OCc3cccc(C(=O)OC)c3)cc2)n1. The van der Waals surface area contributed by atoms with Gasteiger partial charge in [-0.05, 0) is 54.4 Å². The highest BCUT2D eigenvalue weighted by Gasteiger charge is 2.08. The molecule has 8 nitrogen and oxygen atoms in total. The van der Waals surface area contributed by atoms with Crippen molar-refractivity contribution in [3.63, 3.8) is 0 Å². The fraction of sp³-hybridized carbons (Fsp3) is 0.217. The van der Waals surface area contributed by atoms with Crippen LogP contribution in [0.3, 0.4) is 0 Å². The van der Waals surface area contributed by atoms with E-state index >= 15 is 0 Å². The first kappa shape index (κ1) is 23.0. The highest BCUT2D eigenvalue weighted by molar-refractivity contribution is 7.13. The molecule has 0 aliphatic rings. The molecule has 0 spiro atoms. The Labute approximate surface area is 189 Å². The Hall–Kier alpha value is -3.72. The number of carbonyl (C=O) groups excluding carboxylic acids is 2. The third-order valence-corrected chi connectivity index (χ3v) is 4.99. The summed E-state index contributed by atoms with van der Waals surface area (Å²) in [7, 11) is 1.35. The van der Waals surface area contributed by atoms with E-state index in [1.165, 1.54) is 18.4 Å². The van der Waals surface area contributed by atoms with E-state index in [-0.39, 0.29) is 18.4 Å². The maximum atomic E-state index is 11.6. The number of nitrogens with one attached hydrogen (secondary N) is 1. The highest BCUT2D eigenvalue weighted by Crippen LogP contribution is 2.17. The van der Waals surface area contributed by atoms with Gasteiger partial charge in [0, 0.05) is 5.38 Å². The number of esters is 2. The van der Waals surface area contributed by atoms with E-state index in [2.05, 4.69) is 15.5 Å². The van der Waals surface area contributed by atoms with E-state index in [0.29, 0.717) is 35.4 Å². The third-order valence-electron chi connectivity index (χ3n) is 4.19. The van der Waals surface area contributed by atoms with Crippen LogP contribution in [-0.2, 0) is 27.3 Å². The molecule has 2 aromatic carbocycles. The van der Waals surface area contributed by atoms with Gasteiger partial charge in [0.25, 0.3) is 0 Å². The summed E-state index contributed by atoms with van der Waals surface area (Å²) in [6.07, 6.45) is 1.81. The quantitative estimate of drug-likeness (QED) is 0.281. The molecule has 32 heavy (non-hydrogen) atoms. The number of anilines is 1. The molecule has 1 N–H and O–H groups in total. The topological polar surface area (TPSA) is 99.1 Å². The zero-order valence-corrected chi connectivity index (χ0v) is 18.6. The summed E-state index contributed by atoms with van der Waals surface area (Å²) in [6, 6.07) is 14.5. The van der Waals surface area contributed by atoms with Crippen molar-refractivity contribution in [2.75, 3.05) is 19.1 Å². The van der Waals surface area contributed by atoms with Crippen LogP contribution < -0.4 is 10.2 Å². The minimum atomic E-state index is -0.378. The Balaban J connectivity index is 1.48. The molecule has 0 radical (unpaired) electrons. The third kappa shape index (κ3) is 6.92. The molecule has 166 valence electrons. The van der Waals surface area contributed by atoms with Gasteiger partial charge < -0.3 is 14.2 Å². The van der Waals surface area contributed by atoms with Crippen molar-refractivity contribution in [3.05, 3.63) is 76.3 Å². The number of carbonyl (C=O) groups is 2. The van der Waals surface area contributed by atoms with Crippen molar-refractivity contribution < 1.29 is 23.8 Å². The molecule has 0 atom stereocenters. The molecule has 0 saturated carbocycles. The number of aromatic nitrogens is 1. The number of benzene rings is 2. The molecule has 1 aromatic heterocycles. The zero-order chi connectivity index (χ0) is 22.8. The number of thiazole rings is 1. The number of ether oxygens (including phenoxy) is 3. The zero-order valence-electron chi connectivity index (χ0n) is 17.7. The first-order valence-corrected chi connectivity index (χ1v) is 10.7. The average Bonchev–Trinajstić information content (AvgIpc) is 3.25. The molecule has 0 aliphatic carbocycles. The number of hydrazone groups is 1. The van der Waals surface area contributed by atoms with Crippen molar-refractivity contribution in [1.82, 2.24) is 4.98 Å². The molecule has 0 bridgehead atoms. The van der Waals surface area contributed by atoms with Crippen LogP contribution in [0.25, 0.3) is 0 Å². The normalized spacial score (nSPS) is 10.7. The molecule has 3 aromatic rings. The van der Waals surface area contributed by atoms with Crippen molar-refractivity contribution in [2.45, 2.75) is 20.0 Å². The monoisotopic (exact) mass is 453 g/mol. The standard InChI is InChI=1S/C23H23N3O5S/c1-3-30-21(27)12-19-15-32-23(25-19)26-24-13-16-7-9-20(10-8-16)31-14-17-5-4-6-18(11-17)22(28)29-2/h4-11,13,15H,3,12,14H2,1-2H3,(H,25,26). The van der Waals surface area contributed by atoms with Crippen LogP contribution in [0.15, 0.2) is 59.0 Å². The summed E-state index contributed by atoms with van der Waals surface area (Å²) in [5.74, 6) is 0.0190. The Morgan fingerprint density at radius 1 is 1.19 bits per heavy atom. The summed E-state index contributed by atoms with van der Waals surface area (Å²) < 4.78 is 15.4. The second-order valence-corrected chi connectivity index (χ2v) is 7.40. The predicted octanol–water partition coefficient (Wildman–Crippen LogP) is 4.06. The first-order valence-electron chi connectivity index (χ1n) is 9.86. The average molecular weight is 454 g/mol. The van der Waals surface area contributed by atoms with Crippen LogP contribution in [0.4, 0.5) is 5.13 Å². The fourth-order valence-electron chi connectivity index (χ4n) is 2.68. The van der Waals surface area contributed by atoms with Crippen molar-refractivity contribution in [1.29, 1.82) is 0 Å². The fourth-order valence-corrected chi connectivity index (χ4v) is 3.34. The lowest BCUT2D eigenvalue weighted by Crippen LogP contribution is -2.07. The molecule has 1 heterocycles. The number of nitrogens with zero attached hydrogens (tertiary/aromatic N) is 2. The van der Waals surface area contributed by atoms with Gasteiger partial charge in [-0.2, -0.15) is 5.10 Å². The second-order valence-electron chi connectivity index (χ2n) is 6.55. The van der Waals surface area contributed by atoms with Crippen molar-refractivity contribution >= 4 is 34.6 Å². The number of hydrogen-bond donors (Lipinski definition) is 1. The summed E-state index contributed by atoms with van der Waals surface area (Å²) >= 11 is 1.36. The van der Waals surface area contributed by atoms with E-state index in [9.17, 15) is 9.59 Å². The molecule has 9 heteroatoms. The van der Waals surface area contributed by atoms with Gasteiger partial charge in [-0.25, -0.2) is 9.78 Å². The summed E-state index contributed by atoms with van der Waals surface area (Å²) in [4.78, 5) is 27.4. The van der Waals surface area contributed by atoms with Gasteiger partial charge in [0.15, 0.2) is 0 Å². The van der Waals surface area contributed by atoms with E-state index < -0.39 is 0 Å². The molecule has 0 amide bonds. The van der Waals surface area contributed by atoms with E-state index in [1.54, 1.807) is 36.7 Å². The van der Waals surface area contributed by atoms with Gasteiger partial charge in [-0.15, -0.1) is 11.3 Å². The lowest BCUT2D eigenvalue weighted by molar-refractivity contribution is -0.142. The van der Waals surface area contributed by atoms with Crippen LogP contribution in [0.2, 0.25) is 0 Å². The van der Waals surface area contributed by atoms with Crippen molar-refractivity contribution in [2.24, 2.45) is 5.10 Å². The number of rotatable bonds is 10. The Bertz CT molecular complexity index is 1080. The van der Waals surface area contributed by atoms with Gasteiger partial charge >= 0.3 is 11.9 Å². The van der Waals surface area contributed by atoms with Gasteiger partial charge in [-0.3, -0.25) is 10.2 Å². The largest absolute Gasteiger partial charge is 0.489 e. The smallest absolute Gasteiger partial charge is 0.337 e. The summed E-state index contributed by atoms with van der Waals surface area (Å²) in [6.45, 7) is 2.45. The second kappa shape index (κ2) is 11.6. The highest BCUT2D eigenvalue weighted by atomic mass is 32.1. The van der Waals surface area contributed by atoms with Gasteiger partial charge in [0.2, 0.25) is 5.13 Å². The minimum absolute atomic E-state index is 0.143. The Morgan fingerprint density at radius 2 is 2.00 bits per heavy atom. The van der Waals surface area contributed by atoms with Gasteiger partial charge in [0.05, 0.1) is 37.6 Å². The van der Waals surface area contributed by atoms with Crippen LogP contribution in [0.5, 0.6) is 5.75 Å². The molecule has 0 aliphatic heterocycles. The molecular weight excluding hydrogens is 430 g/mol. The van der Waals surface area contributed by atoms with Crippen LogP contribution >= 0.6 is 11.3 Å². The van der Waals surface area contributed by atoms with Crippen LogP contribution in [0.1, 0.15) is 34.1 Å². The predicted molar refractivity (Wildman–Crippen MR) is 122 cm³/mol. The van der Waals surface area contributed by atoms with Crippen LogP contribution in [0, 0.1) is 0 Å². The molecule has 0 saturated heterocycles. The number of methoxy groups -OCH3 is 1. The van der Waals surface area contributed by atoms with Crippen molar-refractivity contribution in [3.8, 4) is 5.75 Å². The molecular formula is C23H23N3O5S. The summed E-state index contributed by atoms with van der Waals surface area (Å²) in [5.41, 5.74) is 5.73. The lowest BCUT2D eigenvalue weighted by Gasteiger charge is -2.07. The van der Waals surface area contributed by atoms with E-state index in [0.717, 1.165) is 11.1 Å². The molecule has 0 fully saturated rings. The Morgan fingerprint density at radius 3 is 2.75 bits per heavy atom. The van der Waals surface area contributed by atoms with Gasteiger partial charge in [0.1, 0.15) is 12.4 Å². The van der Waals surface area contributed by atoms with Crippen LogP contribution in [-0.4, -0.2) is 36.9 Å². The van der Waals surface area contributed by atoms with E-state index in [4.69, 9.17) is 14.2 Å². The van der Waals surface area contributed by atoms with Gasteiger partial charge in [-0.1, -0.05) is 12.1 Å². The lowest BCUT2D eigenvalue weighted by atomic mass is 10.1. The van der Waals surface area contributed by atoms with E-state index in [1.807, 2.05) is 30.3 Å². The minimum Gasteiger partial charge on any atom is -0.489 e. The Kier molecular flexibility index (Phi) is 8.33. The summed E-state index contributed by atoms with van der Waals surface area (Å²) in [5, 5.41) is 6.56. The molecule has 3 rings (SSSR count). The molecule has 0 unspecified atom stereocenters. The number of hydrogen-bond acceptors (Lipinski definition) is 9. The maximum absolute atomic E-state index is 11.6. The maximum Gasteiger partial charge on any atom is 0.337 e.